The van der Waals surface area contributed by atoms with Gasteiger partial charge in [0.2, 0.25) is 0 Å². The van der Waals surface area contributed by atoms with Crippen LogP contribution in [0.15, 0.2) is 4.79 Å². The third-order valence-corrected chi connectivity index (χ3v) is 5.83. The summed E-state index contributed by atoms with van der Waals surface area (Å²) in [6, 6.07) is 0. The predicted molar refractivity (Wildman–Crippen MR) is 95.5 cm³/mol. The van der Waals surface area contributed by atoms with Crippen molar-refractivity contribution in [3.63, 3.8) is 0 Å². The maximum Gasteiger partial charge on any atom is 0.275 e. The zero-order chi connectivity index (χ0) is 17.3. The Morgan fingerprint density at radius 3 is 2.88 bits per heavy atom. The van der Waals surface area contributed by atoms with Crippen molar-refractivity contribution >= 4 is 27.5 Å². The first-order valence-electron chi connectivity index (χ1n) is 8.59. The number of rotatable bonds is 5. The third kappa shape index (κ3) is 3.52. The monoisotopic (exact) mass is 349 g/mol. The van der Waals surface area contributed by atoms with Gasteiger partial charge < -0.3 is 15.2 Å². The molecule has 1 aliphatic heterocycles. The van der Waals surface area contributed by atoms with Crippen LogP contribution in [0.2, 0.25) is 0 Å². The van der Waals surface area contributed by atoms with Gasteiger partial charge >= 0.3 is 0 Å². The molecule has 1 saturated heterocycles. The Kier molecular flexibility index (Phi) is 5.01. The first kappa shape index (κ1) is 17.1. The number of hydrogen-bond donors (Lipinski definition) is 3. The van der Waals surface area contributed by atoms with Crippen molar-refractivity contribution in [1.29, 1.82) is 0 Å². The molecule has 1 fully saturated rings. The number of H-pyrrole nitrogens is 1. The molecule has 0 spiro atoms. The molecule has 6 nitrogen and oxygen atoms in total. The van der Waals surface area contributed by atoms with Crippen molar-refractivity contribution in [2.45, 2.75) is 40.2 Å². The fourth-order valence-electron chi connectivity index (χ4n) is 3.19. The number of carbonyl (C=O) groups excluding carboxylic acids is 1. The van der Waals surface area contributed by atoms with Crippen LogP contribution in [0.25, 0.3) is 10.2 Å². The average Bonchev–Trinajstić information content (AvgIpc) is 2.83. The van der Waals surface area contributed by atoms with E-state index in [4.69, 9.17) is 0 Å². The Morgan fingerprint density at radius 1 is 1.38 bits per heavy atom. The van der Waals surface area contributed by atoms with Crippen molar-refractivity contribution in [3.8, 4) is 0 Å². The predicted octanol–water partition coefficient (Wildman–Crippen LogP) is 0.396. The number of fused-ring (bicyclic) bond motifs is 1. The van der Waals surface area contributed by atoms with Gasteiger partial charge in [-0.25, -0.2) is 4.98 Å². The molecule has 7 heteroatoms. The van der Waals surface area contributed by atoms with Crippen molar-refractivity contribution in [2.24, 2.45) is 5.92 Å². The largest absolute Gasteiger partial charge is 0.346 e. The second-order valence-corrected chi connectivity index (χ2v) is 7.95. The van der Waals surface area contributed by atoms with E-state index in [0.717, 1.165) is 40.1 Å². The highest BCUT2D eigenvalue weighted by Gasteiger charge is 2.22. The van der Waals surface area contributed by atoms with Gasteiger partial charge in [0.1, 0.15) is 11.4 Å². The van der Waals surface area contributed by atoms with Crippen LogP contribution in [-0.2, 0) is 17.8 Å². The second kappa shape index (κ2) is 7.03. The van der Waals surface area contributed by atoms with Crippen LogP contribution in [0.1, 0.15) is 36.5 Å². The number of quaternary nitrogens is 1. The Labute approximate surface area is 145 Å². The van der Waals surface area contributed by atoms with Gasteiger partial charge in [0.25, 0.3) is 11.5 Å². The molecular formula is C17H25N4O2S+. The second-order valence-electron chi connectivity index (χ2n) is 6.75. The van der Waals surface area contributed by atoms with Gasteiger partial charge in [-0.2, -0.15) is 0 Å². The number of aromatic amines is 1. The normalized spacial score (nSPS) is 19.5. The van der Waals surface area contributed by atoms with E-state index in [1.165, 1.54) is 4.88 Å². The molecule has 0 bridgehead atoms. The maximum atomic E-state index is 12.6. The lowest BCUT2D eigenvalue weighted by molar-refractivity contribution is -0.907. The molecule has 0 aliphatic carbocycles. The number of piperazine rings is 1. The molecule has 24 heavy (non-hydrogen) atoms. The zero-order valence-electron chi connectivity index (χ0n) is 14.5. The summed E-state index contributed by atoms with van der Waals surface area (Å²) in [6.45, 7) is 9.01. The summed E-state index contributed by atoms with van der Waals surface area (Å²) in [5, 5.41) is 3.58. The van der Waals surface area contributed by atoms with Crippen molar-refractivity contribution in [1.82, 2.24) is 15.3 Å². The molecule has 0 aromatic carbocycles. The Bertz CT molecular complexity index is 811. The highest BCUT2D eigenvalue weighted by Crippen LogP contribution is 2.29. The quantitative estimate of drug-likeness (QED) is 0.731. The fraction of sp³-hybridized carbons (Fsp3) is 0.588. The fourth-order valence-corrected chi connectivity index (χ4v) is 4.26. The molecule has 2 aromatic heterocycles. The van der Waals surface area contributed by atoms with Gasteiger partial charge in [0.15, 0.2) is 12.4 Å². The van der Waals surface area contributed by atoms with E-state index in [1.54, 1.807) is 11.3 Å². The number of carbonyl (C=O) groups is 1. The summed E-state index contributed by atoms with van der Waals surface area (Å²) in [4.78, 5) is 34.9. The van der Waals surface area contributed by atoms with Crippen LogP contribution in [0.4, 0.5) is 0 Å². The van der Waals surface area contributed by atoms with Crippen LogP contribution < -0.4 is 15.8 Å². The van der Waals surface area contributed by atoms with Crippen molar-refractivity contribution in [3.05, 3.63) is 26.6 Å². The average molecular weight is 349 g/mol. The maximum absolute atomic E-state index is 12.6. The lowest BCUT2D eigenvalue weighted by Gasteiger charge is -2.22. The van der Waals surface area contributed by atoms with Gasteiger partial charge in [-0.1, -0.05) is 20.3 Å². The zero-order valence-corrected chi connectivity index (χ0v) is 15.3. The van der Waals surface area contributed by atoms with Gasteiger partial charge in [-0.15, -0.1) is 11.3 Å². The summed E-state index contributed by atoms with van der Waals surface area (Å²) in [5.74, 6) is 1.29. The molecule has 0 radical (unpaired) electrons. The van der Waals surface area contributed by atoms with E-state index in [-0.39, 0.29) is 11.5 Å². The Morgan fingerprint density at radius 2 is 2.17 bits per heavy atom. The lowest BCUT2D eigenvalue weighted by atomic mass is 9.98. The molecule has 2 atom stereocenters. The molecule has 0 saturated carbocycles. The number of aryl methyl sites for hydroxylation is 1. The minimum Gasteiger partial charge on any atom is -0.346 e. The molecule has 3 N–H and O–H groups in total. The molecule has 1 aliphatic rings. The summed E-state index contributed by atoms with van der Waals surface area (Å²) in [6.07, 6.45) is 2.02. The van der Waals surface area contributed by atoms with E-state index in [9.17, 15) is 9.59 Å². The SMILES string of the molecule is CC[C@H](C)Cc1c(C)sc2nc(C[NH+]3CCNC(=O)C3)[nH]c(=O)c12. The topological polar surface area (TPSA) is 79.3 Å². The lowest BCUT2D eigenvalue weighted by Crippen LogP contribution is -3.14. The first-order chi connectivity index (χ1) is 11.5. The van der Waals surface area contributed by atoms with Gasteiger partial charge in [-0.05, 0) is 24.8 Å². The molecular weight excluding hydrogens is 324 g/mol. The molecule has 3 rings (SSSR count). The van der Waals surface area contributed by atoms with Gasteiger partial charge in [-0.3, -0.25) is 9.59 Å². The number of thiophene rings is 1. The molecule has 1 unspecified atom stereocenters. The molecule has 1 amide bonds. The Balaban J connectivity index is 1.90. The number of nitrogens with one attached hydrogen (secondary N) is 3. The van der Waals surface area contributed by atoms with E-state index in [2.05, 4.69) is 36.1 Å². The highest BCUT2D eigenvalue weighted by atomic mass is 32.1. The molecule has 2 aromatic rings. The number of nitrogens with zero attached hydrogens (tertiary/aromatic N) is 1. The minimum atomic E-state index is -0.0430. The van der Waals surface area contributed by atoms with Gasteiger partial charge in [0.05, 0.1) is 18.5 Å². The summed E-state index contributed by atoms with van der Waals surface area (Å²) < 4.78 is 0. The molecule has 130 valence electrons. The Hall–Kier alpha value is -1.73. The first-order valence-corrected chi connectivity index (χ1v) is 9.41. The van der Waals surface area contributed by atoms with E-state index >= 15 is 0 Å². The standard InChI is InChI=1S/C17H24N4O2S/c1-4-10(2)7-12-11(3)24-17-15(12)16(23)19-13(20-17)8-21-6-5-18-14(22)9-21/h10H,4-9H2,1-3H3,(H,18,22)(H,19,20,23)/p+1/t10-/m0/s1. The van der Waals surface area contributed by atoms with Crippen LogP contribution >= 0.6 is 11.3 Å². The molecule has 3 heterocycles. The van der Waals surface area contributed by atoms with E-state index in [0.29, 0.717) is 31.4 Å². The van der Waals surface area contributed by atoms with Crippen LogP contribution in [0.3, 0.4) is 0 Å². The number of hydrogen-bond acceptors (Lipinski definition) is 4. The van der Waals surface area contributed by atoms with Crippen LogP contribution in [0.5, 0.6) is 0 Å². The third-order valence-electron chi connectivity index (χ3n) is 4.79. The van der Waals surface area contributed by atoms with E-state index < -0.39 is 0 Å². The number of aromatic nitrogens is 2. The summed E-state index contributed by atoms with van der Waals surface area (Å²) in [5.41, 5.74) is 1.10. The summed E-state index contributed by atoms with van der Waals surface area (Å²) in [7, 11) is 0. The van der Waals surface area contributed by atoms with E-state index in [1.807, 2.05) is 0 Å². The van der Waals surface area contributed by atoms with Crippen LogP contribution in [-0.4, -0.2) is 35.5 Å². The summed E-state index contributed by atoms with van der Waals surface area (Å²) >= 11 is 1.60. The van der Waals surface area contributed by atoms with Gasteiger partial charge in [0, 0.05) is 4.88 Å². The number of amides is 1. The van der Waals surface area contributed by atoms with Crippen molar-refractivity contribution in [2.75, 3.05) is 19.6 Å². The minimum absolute atomic E-state index is 0.0430. The smallest absolute Gasteiger partial charge is 0.275 e. The van der Waals surface area contributed by atoms with Crippen LogP contribution in [0, 0.1) is 12.8 Å². The van der Waals surface area contributed by atoms with Crippen molar-refractivity contribution < 1.29 is 9.69 Å². The highest BCUT2D eigenvalue weighted by molar-refractivity contribution is 7.18.